The molecule has 236 valence electrons. The Balaban J connectivity index is 5.59. The molecule has 0 heterocycles. The van der Waals surface area contributed by atoms with Crippen molar-refractivity contribution in [2.75, 3.05) is 26.2 Å². The van der Waals surface area contributed by atoms with Gasteiger partial charge in [0.05, 0.1) is 6.04 Å². The highest BCUT2D eigenvalue weighted by molar-refractivity contribution is 5.94. The van der Waals surface area contributed by atoms with E-state index in [0.717, 1.165) is 0 Å². The average Bonchev–Trinajstić information content (AvgIpc) is 2.90. The van der Waals surface area contributed by atoms with Crippen molar-refractivity contribution in [1.82, 2.24) is 16.0 Å². The standard InChI is InChI=1S/C24H50N12O5/c25-11-3-1-8-16(21(39)36-18(22(40)41)9-2-4-12-26)35-20(38)17(10-6-14-33-24(30)31)34-19(37)15(27)7-5-13-32-23(28)29/h15-18H,1-14,25-27H2,(H,34,37)(H,35,38)(H,36,39)(H,40,41)(H4,28,29,32)(H4,30,31,33). The fraction of sp³-hybridized carbons (Fsp3) is 0.750. The number of rotatable bonds is 23. The van der Waals surface area contributed by atoms with Crippen molar-refractivity contribution >= 4 is 35.6 Å². The molecule has 17 nitrogen and oxygen atoms in total. The lowest BCUT2D eigenvalue weighted by molar-refractivity contribution is -0.142. The van der Waals surface area contributed by atoms with Crippen molar-refractivity contribution in [3.63, 3.8) is 0 Å². The van der Waals surface area contributed by atoms with Crippen molar-refractivity contribution in [3.05, 3.63) is 0 Å². The number of aliphatic carboxylic acids is 1. The minimum atomic E-state index is -1.19. The highest BCUT2D eigenvalue weighted by atomic mass is 16.4. The Hall–Kier alpha value is -3.70. The van der Waals surface area contributed by atoms with Crippen molar-refractivity contribution in [2.24, 2.45) is 50.1 Å². The molecule has 4 atom stereocenters. The molecular weight excluding hydrogens is 536 g/mol. The average molecular weight is 587 g/mol. The van der Waals surface area contributed by atoms with Crippen LogP contribution in [-0.4, -0.2) is 91.1 Å². The number of unbranched alkanes of at least 4 members (excludes halogenated alkanes) is 2. The van der Waals surface area contributed by atoms with Gasteiger partial charge in [-0.15, -0.1) is 0 Å². The predicted molar refractivity (Wildman–Crippen MR) is 157 cm³/mol. The number of guanidine groups is 2. The van der Waals surface area contributed by atoms with Gasteiger partial charge in [-0.1, -0.05) is 0 Å². The molecule has 0 fully saturated rings. The van der Waals surface area contributed by atoms with Gasteiger partial charge in [0, 0.05) is 13.1 Å². The fourth-order valence-electron chi connectivity index (χ4n) is 3.76. The smallest absolute Gasteiger partial charge is 0.326 e. The van der Waals surface area contributed by atoms with Crippen molar-refractivity contribution in [1.29, 1.82) is 0 Å². The van der Waals surface area contributed by atoms with Gasteiger partial charge in [0.2, 0.25) is 17.7 Å². The highest BCUT2D eigenvalue weighted by Crippen LogP contribution is 2.08. The second kappa shape index (κ2) is 22.0. The Kier molecular flexibility index (Phi) is 20.1. The third kappa shape index (κ3) is 18.3. The van der Waals surface area contributed by atoms with E-state index in [1.54, 1.807) is 0 Å². The Morgan fingerprint density at radius 2 is 0.976 bits per heavy atom. The van der Waals surface area contributed by atoms with Gasteiger partial charge in [-0.2, -0.15) is 0 Å². The second-order valence-electron chi connectivity index (χ2n) is 9.59. The molecule has 0 spiro atoms. The molecule has 0 saturated carbocycles. The normalized spacial score (nSPS) is 13.6. The number of hydrogen-bond donors (Lipinski definition) is 11. The van der Waals surface area contributed by atoms with E-state index in [2.05, 4.69) is 25.9 Å². The maximum absolute atomic E-state index is 13.3. The molecule has 0 rings (SSSR count). The zero-order valence-corrected chi connectivity index (χ0v) is 23.7. The van der Waals surface area contributed by atoms with Crippen LogP contribution in [0.5, 0.6) is 0 Å². The molecule has 0 aromatic rings. The number of hydrogen-bond acceptors (Lipinski definition) is 9. The van der Waals surface area contributed by atoms with E-state index in [1.807, 2.05) is 0 Å². The van der Waals surface area contributed by atoms with Gasteiger partial charge in [-0.05, 0) is 77.3 Å². The Morgan fingerprint density at radius 3 is 1.41 bits per heavy atom. The van der Waals surface area contributed by atoms with E-state index in [4.69, 9.17) is 40.1 Å². The number of nitrogens with one attached hydrogen (secondary N) is 3. The molecule has 0 saturated heterocycles. The number of amides is 3. The molecule has 3 amide bonds. The summed E-state index contributed by atoms with van der Waals surface area (Å²) >= 11 is 0. The fourth-order valence-corrected chi connectivity index (χ4v) is 3.76. The summed E-state index contributed by atoms with van der Waals surface area (Å²) in [5, 5.41) is 17.3. The van der Waals surface area contributed by atoms with Gasteiger partial charge in [0.15, 0.2) is 11.9 Å². The monoisotopic (exact) mass is 586 g/mol. The molecular formula is C24H50N12O5. The van der Waals surface area contributed by atoms with Gasteiger partial charge in [0.25, 0.3) is 0 Å². The lowest BCUT2D eigenvalue weighted by atomic mass is 10.0. The number of nitrogens with two attached hydrogens (primary N) is 7. The minimum absolute atomic E-state index is 0.0733. The van der Waals surface area contributed by atoms with Crippen LogP contribution in [0.25, 0.3) is 0 Å². The summed E-state index contributed by atoms with van der Waals surface area (Å²) in [6.07, 6.45) is 3.78. The number of nitrogens with zero attached hydrogens (tertiary/aromatic N) is 2. The summed E-state index contributed by atoms with van der Waals surface area (Å²) in [5.41, 5.74) is 38.3. The van der Waals surface area contributed by atoms with Crippen molar-refractivity contribution < 1.29 is 24.3 Å². The van der Waals surface area contributed by atoms with Crippen LogP contribution >= 0.6 is 0 Å². The number of aliphatic imine (C=N–C) groups is 2. The number of carboxylic acids is 1. The van der Waals surface area contributed by atoms with Crippen LogP contribution in [0.15, 0.2) is 9.98 Å². The summed E-state index contributed by atoms with van der Waals surface area (Å²) in [4.78, 5) is 58.6. The number of carbonyl (C=O) groups excluding carboxylic acids is 3. The van der Waals surface area contributed by atoms with Crippen LogP contribution in [0.4, 0.5) is 0 Å². The summed E-state index contributed by atoms with van der Waals surface area (Å²) < 4.78 is 0. The first kappa shape index (κ1) is 37.3. The molecule has 0 radical (unpaired) electrons. The lowest BCUT2D eigenvalue weighted by Crippen LogP contribution is -2.57. The molecule has 0 aliphatic rings. The first-order valence-electron chi connectivity index (χ1n) is 13.8. The summed E-state index contributed by atoms with van der Waals surface area (Å²) in [5.74, 6) is -3.26. The van der Waals surface area contributed by atoms with Gasteiger partial charge in [0.1, 0.15) is 18.1 Å². The van der Waals surface area contributed by atoms with Crippen molar-refractivity contribution in [3.8, 4) is 0 Å². The highest BCUT2D eigenvalue weighted by Gasteiger charge is 2.30. The van der Waals surface area contributed by atoms with Crippen LogP contribution in [-0.2, 0) is 19.2 Å². The molecule has 17 heteroatoms. The Labute approximate surface area is 240 Å². The third-order valence-corrected chi connectivity index (χ3v) is 6.02. The van der Waals surface area contributed by atoms with E-state index in [0.29, 0.717) is 51.6 Å². The maximum Gasteiger partial charge on any atom is 0.326 e. The van der Waals surface area contributed by atoms with Gasteiger partial charge >= 0.3 is 5.97 Å². The topological polar surface area (TPSA) is 331 Å². The number of carboxylic acid groups (broad SMARTS) is 1. The van der Waals surface area contributed by atoms with Crippen LogP contribution in [0.1, 0.15) is 64.2 Å². The van der Waals surface area contributed by atoms with Gasteiger partial charge < -0.3 is 61.2 Å². The largest absolute Gasteiger partial charge is 0.480 e. The van der Waals surface area contributed by atoms with E-state index >= 15 is 0 Å². The zero-order chi connectivity index (χ0) is 31.2. The molecule has 0 aromatic carbocycles. The predicted octanol–water partition coefficient (Wildman–Crippen LogP) is -3.78. The van der Waals surface area contributed by atoms with Gasteiger partial charge in [-0.25, -0.2) is 4.79 Å². The lowest BCUT2D eigenvalue weighted by Gasteiger charge is -2.25. The molecule has 0 aliphatic carbocycles. The SMILES string of the molecule is NCCCCC(NC(=O)C(CCCCN)NC(=O)C(CCCN=C(N)N)NC(=O)C(N)CCCN=C(N)N)C(=O)O. The Morgan fingerprint density at radius 1 is 0.585 bits per heavy atom. The van der Waals surface area contributed by atoms with Crippen LogP contribution in [0.2, 0.25) is 0 Å². The number of carbonyl (C=O) groups is 4. The van der Waals surface area contributed by atoms with Crippen LogP contribution in [0.3, 0.4) is 0 Å². The molecule has 41 heavy (non-hydrogen) atoms. The Bertz CT molecular complexity index is 862. The maximum atomic E-state index is 13.3. The van der Waals surface area contributed by atoms with Gasteiger partial charge in [-0.3, -0.25) is 24.4 Å². The zero-order valence-electron chi connectivity index (χ0n) is 23.7. The summed E-state index contributed by atoms with van der Waals surface area (Å²) in [6, 6.07) is -4.21. The molecule has 0 aromatic heterocycles. The van der Waals surface area contributed by atoms with Crippen molar-refractivity contribution in [2.45, 2.75) is 88.4 Å². The summed E-state index contributed by atoms with van der Waals surface area (Å²) in [7, 11) is 0. The van der Waals surface area contributed by atoms with E-state index in [1.165, 1.54) is 0 Å². The molecule has 0 aliphatic heterocycles. The first-order chi connectivity index (χ1) is 19.4. The van der Waals surface area contributed by atoms with Crippen LogP contribution in [0, 0.1) is 0 Å². The molecule has 0 bridgehead atoms. The van der Waals surface area contributed by atoms with Crippen LogP contribution < -0.4 is 56.1 Å². The quantitative estimate of drug-likeness (QED) is 0.0312. The second-order valence-corrected chi connectivity index (χ2v) is 9.59. The molecule has 18 N–H and O–H groups in total. The van der Waals surface area contributed by atoms with E-state index < -0.39 is 47.9 Å². The molecule has 4 unspecified atom stereocenters. The van der Waals surface area contributed by atoms with E-state index in [9.17, 15) is 24.3 Å². The summed E-state index contributed by atoms with van der Waals surface area (Å²) in [6.45, 7) is 1.27. The third-order valence-electron chi connectivity index (χ3n) is 6.02. The van der Waals surface area contributed by atoms with E-state index in [-0.39, 0.29) is 50.7 Å². The first-order valence-corrected chi connectivity index (χ1v) is 13.8. The minimum Gasteiger partial charge on any atom is -0.480 e.